The maximum atomic E-state index is 9.99. The summed E-state index contributed by atoms with van der Waals surface area (Å²) >= 11 is 20.5. The maximum absolute atomic E-state index is 9.99. The predicted molar refractivity (Wildman–Crippen MR) is 40.3 cm³/mol. The van der Waals surface area contributed by atoms with E-state index in [1.54, 1.807) is 0 Å². The Morgan fingerprint density at radius 3 is 1.89 bits per heavy atom. The van der Waals surface area contributed by atoms with E-state index in [2.05, 4.69) is 0 Å². The molecule has 0 saturated carbocycles. The quantitative estimate of drug-likeness (QED) is 0.367. The molecule has 0 rings (SSSR count). The molecule has 9 heavy (non-hydrogen) atoms. The zero-order valence-electron chi connectivity index (χ0n) is 4.07. The molecule has 0 fully saturated rings. The van der Waals surface area contributed by atoms with Gasteiger partial charge in [-0.05, 0) is 23.8 Å². The molecule has 0 aromatic carbocycles. The summed E-state index contributed by atoms with van der Waals surface area (Å²) < 4.78 is -1.54. The Balaban J connectivity index is 3.86. The lowest BCUT2D eigenvalue weighted by molar-refractivity contribution is -0.107. The van der Waals surface area contributed by atoms with E-state index >= 15 is 0 Å². The topological polar surface area (TPSA) is 17.1 Å². The minimum atomic E-state index is -1.54. The fourth-order valence-corrected chi connectivity index (χ4v) is 0.412. The van der Waals surface area contributed by atoms with E-state index in [0.29, 0.717) is 0 Å². The molecule has 52 valence electrons. The minimum absolute atomic E-state index is 0.665. The van der Waals surface area contributed by atoms with Crippen LogP contribution in [0, 0.1) is 0 Å². The van der Waals surface area contributed by atoms with E-state index in [1.165, 1.54) is 0 Å². The smallest absolute Gasteiger partial charge is 0.244 e. The van der Waals surface area contributed by atoms with Crippen molar-refractivity contribution in [2.45, 2.75) is 3.79 Å². The molecule has 0 bridgehead atoms. The van der Waals surface area contributed by atoms with Gasteiger partial charge in [0.1, 0.15) is 0 Å². The summed E-state index contributed by atoms with van der Waals surface area (Å²) in [6, 6.07) is 0. The lowest BCUT2D eigenvalue weighted by atomic mass is 10.6. The number of halogens is 4. The molecule has 5 heteroatoms. The zero-order chi connectivity index (χ0) is 7.49. The number of rotatable bonds is 1. The van der Waals surface area contributed by atoms with Gasteiger partial charge < -0.3 is 0 Å². The van der Waals surface area contributed by atoms with Gasteiger partial charge in [-0.25, -0.2) is 0 Å². The zero-order valence-corrected chi connectivity index (χ0v) is 7.10. The first-order chi connectivity index (χ1) is 3.92. The Kier molecular flexibility index (Phi) is 3.90. The number of carbonyl (C=O) groups excluding carboxylic acids is 1. The maximum Gasteiger partial charge on any atom is 0.244 e. The van der Waals surface area contributed by atoms with Crippen LogP contribution in [0.5, 0.6) is 0 Å². The molecule has 0 saturated heterocycles. The van der Waals surface area contributed by atoms with Crippen molar-refractivity contribution >= 4 is 51.6 Å². The summed E-state index contributed by atoms with van der Waals surface area (Å²) in [5.41, 5.74) is 0. The van der Waals surface area contributed by atoms with Gasteiger partial charge in [0.2, 0.25) is 9.03 Å². The Hall–Kier alpha value is 0.570. The van der Waals surface area contributed by atoms with Crippen LogP contribution in [0.3, 0.4) is 0 Å². The van der Waals surface area contributed by atoms with Gasteiger partial charge in [-0.2, -0.15) is 0 Å². The van der Waals surface area contributed by atoms with Crippen LogP contribution in [0.1, 0.15) is 0 Å². The first-order valence-electron chi connectivity index (χ1n) is 1.87. The van der Waals surface area contributed by atoms with Gasteiger partial charge in [-0.15, -0.1) is 0 Å². The predicted octanol–water partition coefficient (Wildman–Crippen LogP) is 2.68. The molecule has 0 aliphatic heterocycles. The van der Waals surface area contributed by atoms with Gasteiger partial charge in [0.25, 0.3) is 0 Å². The first kappa shape index (κ1) is 9.57. The second kappa shape index (κ2) is 3.67. The number of hydrogen-bond donors (Lipinski definition) is 0. The molecular weight excluding hydrogens is 206 g/mol. The van der Waals surface area contributed by atoms with Gasteiger partial charge in [0.05, 0.1) is 0 Å². The fourth-order valence-electron chi connectivity index (χ4n) is 0.160. The molecule has 0 aromatic rings. The van der Waals surface area contributed by atoms with E-state index < -0.39 is 9.03 Å². The number of alkyl halides is 3. The van der Waals surface area contributed by atoms with E-state index in [4.69, 9.17) is 46.4 Å². The lowest BCUT2D eigenvalue weighted by Gasteiger charge is -1.99. The van der Waals surface area contributed by atoms with Crippen LogP contribution in [0.2, 0.25) is 0 Å². The van der Waals surface area contributed by atoms with E-state index in [9.17, 15) is 4.79 Å². The highest BCUT2D eigenvalue weighted by Crippen LogP contribution is 2.27. The molecule has 0 aromatic heterocycles. The van der Waals surface area contributed by atoms with E-state index in [1.807, 2.05) is 0 Å². The van der Waals surface area contributed by atoms with E-state index in [0.717, 1.165) is 12.2 Å². The molecule has 0 heterocycles. The van der Waals surface area contributed by atoms with Crippen molar-refractivity contribution in [3.8, 4) is 0 Å². The van der Waals surface area contributed by atoms with Crippen molar-refractivity contribution in [3.05, 3.63) is 12.2 Å². The molecule has 0 aliphatic rings. The molecule has 0 radical (unpaired) electrons. The van der Waals surface area contributed by atoms with Crippen molar-refractivity contribution in [1.29, 1.82) is 0 Å². The van der Waals surface area contributed by atoms with Crippen molar-refractivity contribution in [2.75, 3.05) is 0 Å². The first-order valence-corrected chi connectivity index (χ1v) is 3.38. The molecule has 0 N–H and O–H groups in total. The van der Waals surface area contributed by atoms with Gasteiger partial charge in [0, 0.05) is 0 Å². The highest BCUT2D eigenvalue weighted by atomic mass is 35.6. The minimum Gasteiger partial charge on any atom is -0.276 e. The van der Waals surface area contributed by atoms with Crippen molar-refractivity contribution in [1.82, 2.24) is 0 Å². The molecule has 1 nitrogen and oxygen atoms in total. The van der Waals surface area contributed by atoms with Gasteiger partial charge in [-0.1, -0.05) is 34.8 Å². The monoisotopic (exact) mass is 206 g/mol. The number of hydrogen-bond acceptors (Lipinski definition) is 1. The second-order valence-corrected chi connectivity index (χ2v) is 3.92. The largest absolute Gasteiger partial charge is 0.276 e. The fraction of sp³-hybridized carbons (Fsp3) is 0.250. The summed E-state index contributed by atoms with van der Waals surface area (Å²) in [6.45, 7) is 0. The summed E-state index contributed by atoms with van der Waals surface area (Å²) in [5.74, 6) is 0. The highest BCUT2D eigenvalue weighted by molar-refractivity contribution is 6.70. The van der Waals surface area contributed by atoms with Crippen molar-refractivity contribution < 1.29 is 4.79 Å². The Morgan fingerprint density at radius 2 is 1.78 bits per heavy atom. The van der Waals surface area contributed by atoms with Gasteiger partial charge in [0.15, 0.2) is 0 Å². The number of allylic oxidation sites excluding steroid dienone is 2. The summed E-state index contributed by atoms with van der Waals surface area (Å²) in [5, 5.41) is -0.665. The van der Waals surface area contributed by atoms with Gasteiger partial charge in [-0.3, -0.25) is 4.79 Å². The van der Waals surface area contributed by atoms with Crippen LogP contribution in [0.4, 0.5) is 0 Å². The summed E-state index contributed by atoms with van der Waals surface area (Å²) in [4.78, 5) is 9.99. The standard InChI is InChI=1S/C4H2Cl4O/c5-3(9)1-2-4(6,7)8/h1-2H. The van der Waals surface area contributed by atoms with Crippen LogP contribution < -0.4 is 0 Å². The normalized spacial score (nSPS) is 12.4. The van der Waals surface area contributed by atoms with Crippen LogP contribution in [-0.2, 0) is 4.79 Å². The van der Waals surface area contributed by atoms with E-state index in [-0.39, 0.29) is 0 Å². The second-order valence-electron chi connectivity index (χ2n) is 1.18. The van der Waals surface area contributed by atoms with Crippen LogP contribution in [-0.4, -0.2) is 9.03 Å². The SMILES string of the molecule is O=C(Cl)C=CC(Cl)(Cl)Cl. The molecule has 0 spiro atoms. The third-order valence-corrected chi connectivity index (χ3v) is 0.907. The van der Waals surface area contributed by atoms with Crippen LogP contribution >= 0.6 is 46.4 Å². The average Bonchev–Trinajstić information content (AvgIpc) is 1.59. The Morgan fingerprint density at radius 1 is 1.33 bits per heavy atom. The number of carbonyl (C=O) groups is 1. The third-order valence-electron chi connectivity index (χ3n) is 0.403. The van der Waals surface area contributed by atoms with Crippen LogP contribution in [0.25, 0.3) is 0 Å². The highest BCUT2D eigenvalue weighted by Gasteiger charge is 2.13. The molecule has 0 amide bonds. The van der Waals surface area contributed by atoms with Crippen molar-refractivity contribution in [2.24, 2.45) is 0 Å². The molecule has 0 aliphatic carbocycles. The third kappa shape index (κ3) is 8.57. The molecule has 0 unspecified atom stereocenters. The molecular formula is C4H2Cl4O. The Labute approximate surface area is 72.5 Å². The summed E-state index contributed by atoms with van der Waals surface area (Å²) in [7, 11) is 0. The van der Waals surface area contributed by atoms with Crippen LogP contribution in [0.15, 0.2) is 12.2 Å². The van der Waals surface area contributed by atoms with Crippen molar-refractivity contribution in [3.63, 3.8) is 0 Å². The summed E-state index contributed by atoms with van der Waals surface area (Å²) in [6.07, 6.45) is 2.06. The Bertz CT molecular complexity index is 134. The molecule has 0 atom stereocenters. The van der Waals surface area contributed by atoms with Gasteiger partial charge >= 0.3 is 0 Å². The lowest BCUT2D eigenvalue weighted by Crippen LogP contribution is -1.95. The average molecular weight is 208 g/mol.